The highest BCUT2D eigenvalue weighted by atomic mass is 35.5. The number of rotatable bonds is 2. The molecule has 1 aromatic carbocycles. The van der Waals surface area contributed by atoms with E-state index in [0.29, 0.717) is 15.8 Å². The minimum absolute atomic E-state index is 0.198. The predicted molar refractivity (Wildman–Crippen MR) is 76.8 cm³/mol. The predicted octanol–water partition coefficient (Wildman–Crippen LogP) is 3.60. The fourth-order valence-electron chi connectivity index (χ4n) is 1.67. The van der Waals surface area contributed by atoms with E-state index in [4.69, 9.17) is 11.6 Å². The summed E-state index contributed by atoms with van der Waals surface area (Å²) >= 11 is 7.18. The molecule has 0 atom stereocenters. The van der Waals surface area contributed by atoms with E-state index >= 15 is 0 Å². The second-order valence-corrected chi connectivity index (χ2v) is 5.30. The van der Waals surface area contributed by atoms with Gasteiger partial charge in [0.1, 0.15) is 17.3 Å². The Hall–Kier alpha value is -1.98. The van der Waals surface area contributed by atoms with Gasteiger partial charge in [-0.15, -0.1) is 11.3 Å². The molecule has 2 aromatic heterocycles. The topological polar surface area (TPSA) is 54.9 Å². The minimum atomic E-state index is -0.198. The van der Waals surface area contributed by atoms with Crippen LogP contribution in [-0.2, 0) is 0 Å². The Morgan fingerprint density at radius 3 is 2.84 bits per heavy atom. The molecular formula is C13H8ClN3OS. The Balaban J connectivity index is 1.87. The number of fused-ring (bicyclic) bond motifs is 1. The molecule has 0 aliphatic rings. The number of carbonyl (C=O) groups is 1. The maximum atomic E-state index is 12.1. The number of carbonyl (C=O) groups excluding carboxylic acids is 1. The van der Waals surface area contributed by atoms with E-state index in [1.807, 2.05) is 30.3 Å². The Kier molecular flexibility index (Phi) is 3.15. The summed E-state index contributed by atoms with van der Waals surface area (Å²) in [5, 5.41) is 4.04. The summed E-state index contributed by atoms with van der Waals surface area (Å²) in [4.78, 5) is 20.4. The molecular weight excluding hydrogens is 282 g/mol. The molecule has 3 aromatic rings. The van der Waals surface area contributed by atoms with Crippen LogP contribution in [0.2, 0.25) is 5.15 Å². The van der Waals surface area contributed by atoms with Gasteiger partial charge in [0.15, 0.2) is 0 Å². The first kappa shape index (κ1) is 12.1. The normalized spacial score (nSPS) is 10.6. The van der Waals surface area contributed by atoms with E-state index in [1.54, 1.807) is 0 Å². The van der Waals surface area contributed by atoms with Crippen LogP contribution in [0.25, 0.3) is 10.1 Å². The maximum absolute atomic E-state index is 12.1. The molecule has 1 amide bonds. The van der Waals surface area contributed by atoms with Crippen LogP contribution >= 0.6 is 22.9 Å². The zero-order chi connectivity index (χ0) is 13.2. The van der Waals surface area contributed by atoms with Gasteiger partial charge in [-0.05, 0) is 17.5 Å². The van der Waals surface area contributed by atoms with Crippen LogP contribution < -0.4 is 5.32 Å². The zero-order valence-electron chi connectivity index (χ0n) is 9.63. The molecule has 0 radical (unpaired) electrons. The lowest BCUT2D eigenvalue weighted by atomic mass is 10.2. The molecule has 3 rings (SSSR count). The SMILES string of the molecule is O=C(Nc1cc(Cl)ncn1)c1cc2ccccc2s1. The van der Waals surface area contributed by atoms with Gasteiger partial charge in [-0.3, -0.25) is 4.79 Å². The number of hydrogen-bond donors (Lipinski definition) is 1. The van der Waals surface area contributed by atoms with Crippen LogP contribution in [0.1, 0.15) is 9.67 Å². The third-order valence-corrected chi connectivity index (χ3v) is 3.85. The lowest BCUT2D eigenvalue weighted by Gasteiger charge is -2.01. The molecule has 6 heteroatoms. The second kappa shape index (κ2) is 4.95. The summed E-state index contributed by atoms with van der Waals surface area (Å²) in [5.74, 6) is 0.193. The average Bonchev–Trinajstić information content (AvgIpc) is 2.82. The summed E-state index contributed by atoms with van der Waals surface area (Å²) in [6, 6.07) is 11.2. The van der Waals surface area contributed by atoms with Crippen molar-refractivity contribution in [3.63, 3.8) is 0 Å². The van der Waals surface area contributed by atoms with Crippen molar-refractivity contribution in [2.24, 2.45) is 0 Å². The molecule has 0 spiro atoms. The number of halogens is 1. The highest BCUT2D eigenvalue weighted by Crippen LogP contribution is 2.25. The molecule has 0 aliphatic carbocycles. The molecule has 2 heterocycles. The molecule has 0 fully saturated rings. The van der Waals surface area contributed by atoms with Gasteiger partial charge in [0.2, 0.25) is 0 Å². The Labute approximate surface area is 118 Å². The molecule has 94 valence electrons. The van der Waals surface area contributed by atoms with Crippen LogP contribution in [0.3, 0.4) is 0 Å². The van der Waals surface area contributed by atoms with E-state index in [2.05, 4.69) is 15.3 Å². The van der Waals surface area contributed by atoms with Crippen LogP contribution in [-0.4, -0.2) is 15.9 Å². The van der Waals surface area contributed by atoms with Gasteiger partial charge in [0.05, 0.1) is 4.88 Å². The monoisotopic (exact) mass is 289 g/mol. The average molecular weight is 290 g/mol. The highest BCUT2D eigenvalue weighted by molar-refractivity contribution is 7.20. The number of benzene rings is 1. The van der Waals surface area contributed by atoms with E-state index < -0.39 is 0 Å². The van der Waals surface area contributed by atoms with E-state index in [-0.39, 0.29) is 5.91 Å². The molecule has 0 saturated heterocycles. The van der Waals surface area contributed by atoms with E-state index in [1.165, 1.54) is 23.7 Å². The first-order valence-electron chi connectivity index (χ1n) is 5.50. The van der Waals surface area contributed by atoms with Gasteiger partial charge in [-0.2, -0.15) is 0 Å². The number of aromatic nitrogens is 2. The third-order valence-electron chi connectivity index (χ3n) is 2.52. The molecule has 0 bridgehead atoms. The number of anilines is 1. The van der Waals surface area contributed by atoms with Crippen molar-refractivity contribution >= 4 is 44.7 Å². The fraction of sp³-hybridized carbons (Fsp3) is 0. The van der Waals surface area contributed by atoms with Crippen molar-refractivity contribution < 1.29 is 4.79 Å². The van der Waals surface area contributed by atoms with Crippen molar-refractivity contribution in [3.05, 3.63) is 52.8 Å². The van der Waals surface area contributed by atoms with Gasteiger partial charge in [-0.1, -0.05) is 29.8 Å². The Morgan fingerprint density at radius 2 is 2.05 bits per heavy atom. The summed E-state index contributed by atoms with van der Waals surface area (Å²) < 4.78 is 1.08. The van der Waals surface area contributed by atoms with Crippen molar-refractivity contribution in [3.8, 4) is 0 Å². The van der Waals surface area contributed by atoms with Crippen LogP contribution in [0, 0.1) is 0 Å². The summed E-state index contributed by atoms with van der Waals surface area (Å²) in [5.41, 5.74) is 0. The minimum Gasteiger partial charge on any atom is -0.306 e. The van der Waals surface area contributed by atoms with Gasteiger partial charge < -0.3 is 5.32 Å². The smallest absolute Gasteiger partial charge is 0.266 e. The molecule has 0 aliphatic heterocycles. The van der Waals surface area contributed by atoms with Crippen LogP contribution in [0.15, 0.2) is 42.7 Å². The van der Waals surface area contributed by atoms with Crippen molar-refractivity contribution in [2.75, 3.05) is 5.32 Å². The van der Waals surface area contributed by atoms with E-state index in [0.717, 1.165) is 10.1 Å². The number of nitrogens with zero attached hydrogens (tertiary/aromatic N) is 2. The van der Waals surface area contributed by atoms with Gasteiger partial charge in [0, 0.05) is 10.8 Å². The second-order valence-electron chi connectivity index (χ2n) is 3.83. The first-order chi connectivity index (χ1) is 9.22. The van der Waals surface area contributed by atoms with E-state index in [9.17, 15) is 4.79 Å². The molecule has 1 N–H and O–H groups in total. The largest absolute Gasteiger partial charge is 0.306 e. The highest BCUT2D eigenvalue weighted by Gasteiger charge is 2.11. The van der Waals surface area contributed by atoms with Crippen molar-refractivity contribution in [1.82, 2.24) is 9.97 Å². The number of thiophene rings is 1. The quantitative estimate of drug-likeness (QED) is 0.733. The lowest BCUT2D eigenvalue weighted by Crippen LogP contribution is -2.11. The first-order valence-corrected chi connectivity index (χ1v) is 6.69. The van der Waals surface area contributed by atoms with Crippen molar-refractivity contribution in [1.29, 1.82) is 0 Å². The Morgan fingerprint density at radius 1 is 1.21 bits per heavy atom. The summed E-state index contributed by atoms with van der Waals surface area (Å²) in [6.07, 6.45) is 1.31. The maximum Gasteiger partial charge on any atom is 0.266 e. The molecule has 4 nitrogen and oxygen atoms in total. The standard InChI is InChI=1S/C13H8ClN3OS/c14-11-6-12(16-7-15-11)17-13(18)10-5-8-3-1-2-4-9(8)19-10/h1-7H,(H,15,16,17,18). The molecule has 0 saturated carbocycles. The lowest BCUT2D eigenvalue weighted by molar-refractivity contribution is 0.103. The number of hydrogen-bond acceptors (Lipinski definition) is 4. The van der Waals surface area contributed by atoms with Gasteiger partial charge in [0.25, 0.3) is 5.91 Å². The zero-order valence-corrected chi connectivity index (χ0v) is 11.2. The van der Waals surface area contributed by atoms with Gasteiger partial charge >= 0.3 is 0 Å². The van der Waals surface area contributed by atoms with Crippen LogP contribution in [0.4, 0.5) is 5.82 Å². The molecule has 0 unspecified atom stereocenters. The Bertz CT molecular complexity index is 723. The number of amides is 1. The van der Waals surface area contributed by atoms with Crippen molar-refractivity contribution in [2.45, 2.75) is 0 Å². The van der Waals surface area contributed by atoms with Crippen LogP contribution in [0.5, 0.6) is 0 Å². The molecule has 19 heavy (non-hydrogen) atoms. The fourth-order valence-corrected chi connectivity index (χ4v) is 2.78. The third kappa shape index (κ3) is 2.57. The van der Waals surface area contributed by atoms with Gasteiger partial charge in [-0.25, -0.2) is 9.97 Å². The summed E-state index contributed by atoms with van der Waals surface area (Å²) in [6.45, 7) is 0. The number of nitrogens with one attached hydrogen (secondary N) is 1. The summed E-state index contributed by atoms with van der Waals surface area (Å²) in [7, 11) is 0.